The van der Waals surface area contributed by atoms with E-state index < -0.39 is 0 Å². The second kappa shape index (κ2) is 9.75. The topological polar surface area (TPSA) is 74.0 Å². The van der Waals surface area contributed by atoms with Gasteiger partial charge in [0.25, 0.3) is 5.91 Å². The molecule has 0 spiro atoms. The van der Waals surface area contributed by atoms with Crippen molar-refractivity contribution in [2.24, 2.45) is 0 Å². The maximum absolute atomic E-state index is 12.9. The largest absolute Gasteiger partial charge is 0.361 e. The van der Waals surface area contributed by atoms with Crippen molar-refractivity contribution in [3.05, 3.63) is 90.1 Å². The van der Waals surface area contributed by atoms with Gasteiger partial charge in [0.1, 0.15) is 0 Å². The lowest BCUT2D eigenvalue weighted by molar-refractivity contribution is -0.115. The van der Waals surface area contributed by atoms with E-state index in [4.69, 9.17) is 0 Å². The molecule has 32 heavy (non-hydrogen) atoms. The van der Waals surface area contributed by atoms with E-state index in [0.29, 0.717) is 17.7 Å². The lowest BCUT2D eigenvalue weighted by atomic mass is 10.1. The Morgan fingerprint density at radius 3 is 2.56 bits per heavy atom. The quantitative estimate of drug-likeness (QED) is 0.296. The van der Waals surface area contributed by atoms with Gasteiger partial charge in [-0.2, -0.15) is 0 Å². The fraction of sp³-hybridized carbons (Fsp3) is 0.154. The fourth-order valence-electron chi connectivity index (χ4n) is 3.51. The third-order valence-electron chi connectivity index (χ3n) is 5.25. The smallest absolute Gasteiger partial charge is 0.255 e. The van der Waals surface area contributed by atoms with Gasteiger partial charge in [-0.25, -0.2) is 0 Å². The summed E-state index contributed by atoms with van der Waals surface area (Å²) in [7, 11) is 0. The number of amides is 2. The number of carbonyl (C=O) groups is 2. The first-order valence-corrected chi connectivity index (χ1v) is 11.4. The number of anilines is 2. The predicted molar refractivity (Wildman–Crippen MR) is 132 cm³/mol. The highest BCUT2D eigenvalue weighted by atomic mass is 32.2. The molecule has 1 heterocycles. The third-order valence-corrected chi connectivity index (χ3v) is 6.60. The number of nitrogens with one attached hydrogen (secondary N) is 3. The Balaban J connectivity index is 1.43. The van der Waals surface area contributed by atoms with Crippen LogP contribution in [0.15, 0.2) is 83.9 Å². The van der Waals surface area contributed by atoms with E-state index in [0.717, 1.165) is 27.0 Å². The Hall–Kier alpha value is -3.51. The van der Waals surface area contributed by atoms with Crippen LogP contribution in [0.1, 0.15) is 29.3 Å². The van der Waals surface area contributed by atoms with E-state index in [1.54, 1.807) is 0 Å². The number of benzene rings is 3. The van der Waals surface area contributed by atoms with Crippen LogP contribution in [0.4, 0.5) is 11.4 Å². The average Bonchev–Trinajstić information content (AvgIpc) is 3.26. The summed E-state index contributed by atoms with van der Waals surface area (Å²) in [6.45, 7) is 3.91. The van der Waals surface area contributed by atoms with E-state index in [1.807, 2.05) is 92.8 Å². The van der Waals surface area contributed by atoms with Gasteiger partial charge in [-0.1, -0.05) is 37.3 Å². The standard InChI is InChI=1S/C26H25N3O2S/c1-3-24(26(31)29-20-12-11-18-13-14-27-23(18)16-20)32-21-9-6-8-19(15-21)28-25(30)22-10-5-4-7-17(22)2/h4-16,24,27H,3H2,1-2H3,(H,28,30)(H,29,31). The van der Waals surface area contributed by atoms with Gasteiger partial charge in [-0.3, -0.25) is 9.59 Å². The van der Waals surface area contributed by atoms with Crippen molar-refractivity contribution in [2.75, 3.05) is 10.6 Å². The van der Waals surface area contributed by atoms with Crippen LogP contribution in [0.3, 0.4) is 0 Å². The molecule has 1 atom stereocenters. The SMILES string of the molecule is CCC(Sc1cccc(NC(=O)c2ccccc2C)c1)C(=O)Nc1ccc2cc[nH]c2c1. The molecular formula is C26H25N3O2S. The highest BCUT2D eigenvalue weighted by molar-refractivity contribution is 8.00. The minimum atomic E-state index is -0.253. The molecule has 0 aliphatic heterocycles. The Morgan fingerprint density at radius 1 is 0.938 bits per heavy atom. The Kier molecular flexibility index (Phi) is 6.61. The molecule has 0 aliphatic carbocycles. The zero-order valence-electron chi connectivity index (χ0n) is 18.0. The molecular weight excluding hydrogens is 418 g/mol. The van der Waals surface area contributed by atoms with E-state index in [2.05, 4.69) is 15.6 Å². The number of aryl methyl sites for hydroxylation is 1. The van der Waals surface area contributed by atoms with E-state index >= 15 is 0 Å². The monoisotopic (exact) mass is 443 g/mol. The lowest BCUT2D eigenvalue weighted by Gasteiger charge is -2.16. The molecule has 1 aromatic heterocycles. The first-order valence-electron chi connectivity index (χ1n) is 10.5. The molecule has 4 aromatic rings. The second-order valence-corrected chi connectivity index (χ2v) is 8.86. The molecule has 0 fully saturated rings. The number of H-pyrrole nitrogens is 1. The van der Waals surface area contributed by atoms with Gasteiger partial charge in [0, 0.05) is 33.5 Å². The van der Waals surface area contributed by atoms with Crippen molar-refractivity contribution in [1.82, 2.24) is 4.98 Å². The van der Waals surface area contributed by atoms with Crippen LogP contribution < -0.4 is 10.6 Å². The molecule has 2 amide bonds. The first-order chi connectivity index (χ1) is 15.5. The van der Waals surface area contributed by atoms with E-state index in [1.165, 1.54) is 11.8 Å². The third kappa shape index (κ3) is 5.03. The number of hydrogen-bond donors (Lipinski definition) is 3. The van der Waals surface area contributed by atoms with Gasteiger partial charge < -0.3 is 15.6 Å². The number of aromatic amines is 1. The number of hydrogen-bond acceptors (Lipinski definition) is 3. The molecule has 4 rings (SSSR count). The highest BCUT2D eigenvalue weighted by Crippen LogP contribution is 2.29. The number of rotatable bonds is 7. The zero-order valence-corrected chi connectivity index (χ0v) is 18.8. The summed E-state index contributed by atoms with van der Waals surface area (Å²) in [6, 6.07) is 22.9. The molecule has 0 bridgehead atoms. The first kappa shape index (κ1) is 21.7. The maximum atomic E-state index is 12.9. The van der Waals surface area contributed by atoms with E-state index in [-0.39, 0.29) is 17.1 Å². The molecule has 6 heteroatoms. The normalized spacial score (nSPS) is 11.8. The van der Waals surface area contributed by atoms with Gasteiger partial charge in [0.15, 0.2) is 0 Å². The molecule has 1 unspecified atom stereocenters. The van der Waals surface area contributed by atoms with Crippen LogP contribution in [0, 0.1) is 6.92 Å². The summed E-state index contributed by atoms with van der Waals surface area (Å²) in [5.41, 5.74) is 4.03. The molecule has 0 saturated heterocycles. The van der Waals surface area contributed by atoms with Crippen molar-refractivity contribution >= 4 is 45.9 Å². The maximum Gasteiger partial charge on any atom is 0.255 e. The lowest BCUT2D eigenvalue weighted by Crippen LogP contribution is -2.24. The van der Waals surface area contributed by atoms with Crippen LogP contribution in [-0.2, 0) is 4.79 Å². The van der Waals surface area contributed by atoms with Crippen LogP contribution in [0.25, 0.3) is 10.9 Å². The summed E-state index contributed by atoms with van der Waals surface area (Å²) >= 11 is 1.49. The summed E-state index contributed by atoms with van der Waals surface area (Å²) in [4.78, 5) is 29.6. The highest BCUT2D eigenvalue weighted by Gasteiger charge is 2.19. The number of aromatic nitrogens is 1. The number of carbonyl (C=O) groups excluding carboxylic acids is 2. The van der Waals surface area contributed by atoms with Crippen molar-refractivity contribution in [3.8, 4) is 0 Å². The van der Waals surface area contributed by atoms with Crippen LogP contribution >= 0.6 is 11.8 Å². The van der Waals surface area contributed by atoms with Crippen molar-refractivity contribution < 1.29 is 9.59 Å². The Labute approximate surface area is 191 Å². The number of fused-ring (bicyclic) bond motifs is 1. The van der Waals surface area contributed by atoms with Gasteiger partial charge in [-0.15, -0.1) is 11.8 Å². The van der Waals surface area contributed by atoms with Gasteiger partial charge in [0.2, 0.25) is 5.91 Å². The fourth-order valence-corrected chi connectivity index (χ4v) is 4.52. The summed E-state index contributed by atoms with van der Waals surface area (Å²) in [5.74, 6) is -0.188. The molecule has 0 radical (unpaired) electrons. The summed E-state index contributed by atoms with van der Waals surface area (Å²) in [6.07, 6.45) is 2.56. The molecule has 3 N–H and O–H groups in total. The zero-order chi connectivity index (χ0) is 22.5. The molecule has 5 nitrogen and oxygen atoms in total. The van der Waals surface area contributed by atoms with Crippen molar-refractivity contribution in [2.45, 2.75) is 30.4 Å². The van der Waals surface area contributed by atoms with Gasteiger partial charge in [-0.05, 0) is 66.8 Å². The Morgan fingerprint density at radius 2 is 1.75 bits per heavy atom. The molecule has 0 saturated carbocycles. The van der Waals surface area contributed by atoms with Crippen molar-refractivity contribution in [3.63, 3.8) is 0 Å². The minimum absolute atomic E-state index is 0.0437. The number of thioether (sulfide) groups is 1. The average molecular weight is 444 g/mol. The molecule has 162 valence electrons. The van der Waals surface area contributed by atoms with Crippen molar-refractivity contribution in [1.29, 1.82) is 0 Å². The summed E-state index contributed by atoms with van der Waals surface area (Å²) < 4.78 is 0. The Bertz CT molecular complexity index is 1260. The van der Waals surface area contributed by atoms with Crippen LogP contribution in [-0.4, -0.2) is 22.0 Å². The predicted octanol–water partition coefficient (Wildman–Crippen LogP) is 6.24. The van der Waals surface area contributed by atoms with Crippen LogP contribution in [0.2, 0.25) is 0 Å². The van der Waals surface area contributed by atoms with Gasteiger partial charge >= 0.3 is 0 Å². The summed E-state index contributed by atoms with van der Waals surface area (Å²) in [5, 5.41) is 6.83. The minimum Gasteiger partial charge on any atom is -0.361 e. The van der Waals surface area contributed by atoms with Gasteiger partial charge in [0.05, 0.1) is 5.25 Å². The second-order valence-electron chi connectivity index (χ2n) is 7.58. The van der Waals surface area contributed by atoms with Crippen LogP contribution in [0.5, 0.6) is 0 Å². The molecule has 3 aromatic carbocycles. The molecule has 0 aliphatic rings. The van der Waals surface area contributed by atoms with E-state index in [9.17, 15) is 9.59 Å².